The summed E-state index contributed by atoms with van der Waals surface area (Å²) in [7, 11) is 3.65. The Labute approximate surface area is 143 Å². The van der Waals surface area contributed by atoms with E-state index in [2.05, 4.69) is 23.5 Å². The number of nitrogens with zero attached hydrogens (tertiary/aromatic N) is 1. The van der Waals surface area contributed by atoms with Gasteiger partial charge in [-0.25, -0.2) is 0 Å². The van der Waals surface area contributed by atoms with Crippen molar-refractivity contribution in [2.75, 3.05) is 27.2 Å². The highest BCUT2D eigenvalue weighted by molar-refractivity contribution is 5.88. The van der Waals surface area contributed by atoms with Crippen LogP contribution in [0.15, 0.2) is 36.4 Å². The lowest BCUT2D eigenvalue weighted by molar-refractivity contribution is -0.133. The Hall–Kier alpha value is -2.07. The van der Waals surface area contributed by atoms with E-state index >= 15 is 0 Å². The van der Waals surface area contributed by atoms with E-state index in [4.69, 9.17) is 4.74 Å². The molecule has 0 aliphatic carbocycles. The van der Waals surface area contributed by atoms with Crippen LogP contribution in [0.4, 0.5) is 0 Å². The quantitative estimate of drug-likeness (QED) is 0.938. The molecule has 1 fully saturated rings. The van der Waals surface area contributed by atoms with Crippen LogP contribution >= 0.6 is 0 Å². The number of amides is 1. The number of nitrogens with one attached hydrogen (secondary N) is 1. The first kappa shape index (κ1) is 16.8. The second-order valence-corrected chi connectivity index (χ2v) is 6.61. The van der Waals surface area contributed by atoms with Crippen LogP contribution in [0, 0.1) is 0 Å². The molecule has 1 saturated heterocycles. The minimum Gasteiger partial charge on any atom is -0.497 e. The molecule has 0 bridgehead atoms. The molecule has 24 heavy (non-hydrogen) atoms. The largest absolute Gasteiger partial charge is 0.497 e. The summed E-state index contributed by atoms with van der Waals surface area (Å²) in [4.78, 5) is 14.9. The van der Waals surface area contributed by atoms with E-state index in [1.54, 1.807) is 7.11 Å². The second kappa shape index (κ2) is 7.22. The maximum absolute atomic E-state index is 12.9. The monoisotopic (exact) mass is 326 g/mol. The molecule has 0 radical (unpaired) electrons. The Morgan fingerprint density at radius 1 is 1.25 bits per heavy atom. The van der Waals surface area contributed by atoms with Gasteiger partial charge in [0.1, 0.15) is 5.75 Å². The number of hydrogen-bond acceptors (Lipinski definition) is 3. The van der Waals surface area contributed by atoms with Crippen LogP contribution in [0.3, 0.4) is 0 Å². The van der Waals surface area contributed by atoms with Crippen molar-refractivity contribution in [2.24, 2.45) is 0 Å². The van der Waals surface area contributed by atoms with Crippen molar-refractivity contribution in [3.63, 3.8) is 0 Å². The second-order valence-electron chi connectivity index (χ2n) is 6.61. The normalized spacial score (nSPS) is 19.3. The van der Waals surface area contributed by atoms with Gasteiger partial charge >= 0.3 is 0 Å². The molecule has 1 aliphatic rings. The molecule has 1 aliphatic heterocycles. The van der Waals surface area contributed by atoms with Gasteiger partial charge in [0, 0.05) is 19.1 Å². The Balaban J connectivity index is 1.79. The highest BCUT2D eigenvalue weighted by Crippen LogP contribution is 2.27. The first-order valence-electron chi connectivity index (χ1n) is 8.66. The topological polar surface area (TPSA) is 41.6 Å². The van der Waals surface area contributed by atoms with Crippen LogP contribution in [0.2, 0.25) is 0 Å². The van der Waals surface area contributed by atoms with Crippen molar-refractivity contribution in [1.82, 2.24) is 10.2 Å². The molecule has 2 aromatic carbocycles. The molecule has 1 N–H and O–H groups in total. The van der Waals surface area contributed by atoms with Crippen LogP contribution in [-0.4, -0.2) is 44.1 Å². The molecule has 0 aromatic heterocycles. The standard InChI is InChI=1S/C20H26N2O2/c1-14(20(23)22-10-4-5-18(13-22)21-2)15-6-7-17-12-19(24-3)9-8-16(17)11-15/h6-9,11-12,14,18,21H,4-5,10,13H2,1-3H3. The third-order valence-electron chi connectivity index (χ3n) is 5.08. The maximum atomic E-state index is 12.9. The number of rotatable bonds is 4. The molecule has 0 saturated carbocycles. The third-order valence-corrected chi connectivity index (χ3v) is 5.08. The van der Waals surface area contributed by atoms with Crippen LogP contribution < -0.4 is 10.1 Å². The molecule has 4 nitrogen and oxygen atoms in total. The molecule has 2 aromatic rings. The third kappa shape index (κ3) is 3.39. The van der Waals surface area contributed by atoms with Gasteiger partial charge in [-0.3, -0.25) is 4.79 Å². The van der Waals surface area contributed by atoms with E-state index in [1.807, 2.05) is 37.1 Å². The van der Waals surface area contributed by atoms with Gasteiger partial charge < -0.3 is 15.0 Å². The van der Waals surface area contributed by atoms with Gasteiger partial charge in [0.05, 0.1) is 13.0 Å². The Bertz CT molecular complexity index is 729. The minimum atomic E-state index is -0.118. The number of methoxy groups -OCH3 is 1. The van der Waals surface area contributed by atoms with Gasteiger partial charge in [-0.15, -0.1) is 0 Å². The number of ether oxygens (including phenoxy) is 1. The van der Waals surface area contributed by atoms with Crippen molar-refractivity contribution >= 4 is 16.7 Å². The summed E-state index contributed by atoms with van der Waals surface area (Å²) in [6.45, 7) is 3.69. The fourth-order valence-corrected chi connectivity index (χ4v) is 3.47. The van der Waals surface area contributed by atoms with Crippen molar-refractivity contribution < 1.29 is 9.53 Å². The van der Waals surface area contributed by atoms with Gasteiger partial charge in [-0.05, 0) is 55.3 Å². The molecule has 2 unspecified atom stereocenters. The van der Waals surface area contributed by atoms with Crippen molar-refractivity contribution in [3.05, 3.63) is 42.0 Å². The fourth-order valence-electron chi connectivity index (χ4n) is 3.47. The van der Waals surface area contributed by atoms with Crippen molar-refractivity contribution in [2.45, 2.75) is 31.7 Å². The number of likely N-dealkylation sites (N-methyl/N-ethyl adjacent to an activating group) is 1. The Morgan fingerprint density at radius 3 is 2.75 bits per heavy atom. The Kier molecular flexibility index (Phi) is 5.05. The maximum Gasteiger partial charge on any atom is 0.229 e. The van der Waals surface area contributed by atoms with E-state index in [-0.39, 0.29) is 11.8 Å². The summed E-state index contributed by atoms with van der Waals surface area (Å²) in [6, 6.07) is 12.7. The van der Waals surface area contributed by atoms with Gasteiger partial charge in [0.15, 0.2) is 0 Å². The minimum absolute atomic E-state index is 0.118. The molecule has 2 atom stereocenters. The van der Waals surface area contributed by atoms with Crippen molar-refractivity contribution in [3.8, 4) is 5.75 Å². The molecular weight excluding hydrogens is 300 g/mol. The van der Waals surface area contributed by atoms with E-state index in [0.29, 0.717) is 6.04 Å². The number of piperidine rings is 1. The summed E-state index contributed by atoms with van der Waals surface area (Å²) in [5.41, 5.74) is 1.07. The first-order valence-corrected chi connectivity index (χ1v) is 8.66. The van der Waals surface area contributed by atoms with Crippen LogP contribution in [0.1, 0.15) is 31.2 Å². The number of fused-ring (bicyclic) bond motifs is 1. The zero-order valence-electron chi connectivity index (χ0n) is 14.7. The summed E-state index contributed by atoms with van der Waals surface area (Å²) < 4.78 is 5.27. The van der Waals surface area contributed by atoms with Gasteiger partial charge in [0.2, 0.25) is 5.91 Å². The number of carbonyl (C=O) groups is 1. The van der Waals surface area contributed by atoms with E-state index in [9.17, 15) is 4.79 Å². The summed E-state index contributed by atoms with van der Waals surface area (Å²) in [6.07, 6.45) is 2.22. The highest BCUT2D eigenvalue weighted by Gasteiger charge is 2.26. The summed E-state index contributed by atoms with van der Waals surface area (Å²) in [5, 5.41) is 5.57. The zero-order valence-corrected chi connectivity index (χ0v) is 14.7. The van der Waals surface area contributed by atoms with Gasteiger partial charge in [-0.1, -0.05) is 24.3 Å². The lowest BCUT2D eigenvalue weighted by atomic mass is 9.95. The smallest absolute Gasteiger partial charge is 0.229 e. The lowest BCUT2D eigenvalue weighted by Crippen LogP contribution is -2.48. The molecule has 3 rings (SSSR count). The molecule has 128 valence electrons. The fraction of sp³-hybridized carbons (Fsp3) is 0.450. The summed E-state index contributed by atoms with van der Waals surface area (Å²) in [5.74, 6) is 0.959. The SMILES string of the molecule is CNC1CCCN(C(=O)C(C)c2ccc3cc(OC)ccc3c2)C1. The van der Waals surface area contributed by atoms with E-state index < -0.39 is 0 Å². The van der Waals surface area contributed by atoms with Crippen LogP contribution in [-0.2, 0) is 4.79 Å². The van der Waals surface area contributed by atoms with Crippen LogP contribution in [0.5, 0.6) is 5.75 Å². The molecule has 1 amide bonds. The molecule has 4 heteroatoms. The first-order chi connectivity index (χ1) is 11.6. The highest BCUT2D eigenvalue weighted by atomic mass is 16.5. The average Bonchev–Trinajstić information content (AvgIpc) is 2.65. The summed E-state index contributed by atoms with van der Waals surface area (Å²) >= 11 is 0. The van der Waals surface area contributed by atoms with Crippen molar-refractivity contribution in [1.29, 1.82) is 0 Å². The number of likely N-dealkylation sites (tertiary alicyclic amines) is 1. The lowest BCUT2D eigenvalue weighted by Gasteiger charge is -2.34. The zero-order chi connectivity index (χ0) is 17.1. The van der Waals surface area contributed by atoms with Gasteiger partial charge in [-0.2, -0.15) is 0 Å². The van der Waals surface area contributed by atoms with Gasteiger partial charge in [0.25, 0.3) is 0 Å². The molecule has 0 spiro atoms. The predicted molar refractivity (Wildman–Crippen MR) is 97.6 cm³/mol. The van der Waals surface area contributed by atoms with E-state index in [1.165, 1.54) is 0 Å². The molecule has 1 heterocycles. The van der Waals surface area contributed by atoms with Crippen LogP contribution in [0.25, 0.3) is 10.8 Å². The molecular formula is C20H26N2O2. The number of hydrogen-bond donors (Lipinski definition) is 1. The number of benzene rings is 2. The average molecular weight is 326 g/mol. The van der Waals surface area contributed by atoms with E-state index in [0.717, 1.165) is 48.0 Å². The Morgan fingerprint density at radius 2 is 2.00 bits per heavy atom. The number of carbonyl (C=O) groups excluding carboxylic acids is 1. The predicted octanol–water partition coefficient (Wildman–Crippen LogP) is 3.16.